The summed E-state index contributed by atoms with van der Waals surface area (Å²) in [6, 6.07) is 6.31. The van der Waals surface area contributed by atoms with Crippen molar-refractivity contribution in [3.05, 3.63) is 29.8 Å². The van der Waals surface area contributed by atoms with Crippen molar-refractivity contribution >= 4 is 23.5 Å². The van der Waals surface area contributed by atoms with Gasteiger partial charge in [0.1, 0.15) is 11.6 Å². The Labute approximate surface area is 124 Å². The van der Waals surface area contributed by atoms with Gasteiger partial charge in [0.2, 0.25) is 0 Å². The molecule has 0 aliphatic heterocycles. The molecule has 1 rings (SSSR count). The molecule has 0 fully saturated rings. The van der Waals surface area contributed by atoms with Gasteiger partial charge in [0.15, 0.2) is 5.78 Å². The number of rotatable bonds is 5. The lowest BCUT2D eigenvalue weighted by atomic mass is 10.0. The Bertz CT molecular complexity index is 477. The Hall–Kier alpha value is -1.33. The Kier molecular flexibility index (Phi) is 5.77. The van der Waals surface area contributed by atoms with E-state index in [2.05, 4.69) is 0 Å². The number of ketones is 1. The van der Waals surface area contributed by atoms with Gasteiger partial charge < -0.3 is 10.5 Å². The maximum atomic E-state index is 12.0. The summed E-state index contributed by atoms with van der Waals surface area (Å²) in [5.41, 5.74) is 5.68. The van der Waals surface area contributed by atoms with E-state index in [4.69, 9.17) is 10.5 Å². The molecular formula is C15H21NO3S. The molecule has 0 aliphatic rings. The largest absolute Gasteiger partial charge is 0.459 e. The van der Waals surface area contributed by atoms with E-state index in [1.165, 1.54) is 0 Å². The summed E-state index contributed by atoms with van der Waals surface area (Å²) in [5, 5.41) is 0. The molecule has 0 saturated heterocycles. The van der Waals surface area contributed by atoms with E-state index in [1.54, 1.807) is 44.7 Å². The zero-order chi connectivity index (χ0) is 15.3. The van der Waals surface area contributed by atoms with Crippen LogP contribution in [0, 0.1) is 0 Å². The van der Waals surface area contributed by atoms with Gasteiger partial charge in [0.05, 0.1) is 0 Å². The van der Waals surface area contributed by atoms with E-state index in [-0.39, 0.29) is 12.2 Å². The molecule has 0 aliphatic carbocycles. The van der Waals surface area contributed by atoms with E-state index in [0.29, 0.717) is 5.56 Å². The first-order chi connectivity index (χ1) is 9.23. The van der Waals surface area contributed by atoms with Gasteiger partial charge in [-0.2, -0.15) is 0 Å². The summed E-state index contributed by atoms with van der Waals surface area (Å²) in [5.74, 6) is -0.706. The molecule has 1 unspecified atom stereocenters. The van der Waals surface area contributed by atoms with Gasteiger partial charge in [-0.3, -0.25) is 9.59 Å². The predicted molar refractivity (Wildman–Crippen MR) is 81.0 cm³/mol. The lowest BCUT2D eigenvalue weighted by Gasteiger charge is -2.21. The number of carbonyl (C=O) groups excluding carboxylic acids is 2. The maximum absolute atomic E-state index is 12.0. The van der Waals surface area contributed by atoms with Gasteiger partial charge in [-0.1, -0.05) is 12.1 Å². The SMILES string of the molecule is CSc1ccc(C(=O)CC(N)C(=O)OC(C)(C)C)cc1. The van der Waals surface area contributed by atoms with Gasteiger partial charge in [-0.15, -0.1) is 11.8 Å². The molecule has 1 aromatic rings. The number of hydrogen-bond donors (Lipinski definition) is 1. The van der Waals surface area contributed by atoms with Crippen molar-refractivity contribution in [3.8, 4) is 0 Å². The fourth-order valence-corrected chi connectivity index (χ4v) is 1.96. The number of hydrogen-bond acceptors (Lipinski definition) is 5. The molecule has 0 spiro atoms. The Balaban J connectivity index is 2.62. The minimum Gasteiger partial charge on any atom is -0.459 e. The van der Waals surface area contributed by atoms with Crippen molar-refractivity contribution in [1.29, 1.82) is 0 Å². The van der Waals surface area contributed by atoms with Gasteiger partial charge in [0.25, 0.3) is 0 Å². The van der Waals surface area contributed by atoms with Crippen LogP contribution in [0.5, 0.6) is 0 Å². The number of ether oxygens (including phenoxy) is 1. The monoisotopic (exact) mass is 295 g/mol. The van der Waals surface area contributed by atoms with Crippen LogP contribution in [0.25, 0.3) is 0 Å². The molecule has 0 saturated carbocycles. The highest BCUT2D eigenvalue weighted by atomic mass is 32.2. The minimum atomic E-state index is -0.929. The molecule has 1 atom stereocenters. The highest BCUT2D eigenvalue weighted by Gasteiger charge is 2.24. The fourth-order valence-electron chi connectivity index (χ4n) is 1.56. The van der Waals surface area contributed by atoms with Gasteiger partial charge in [0, 0.05) is 16.9 Å². The second-order valence-corrected chi connectivity index (χ2v) is 6.38. The normalized spacial score (nSPS) is 12.8. The van der Waals surface area contributed by atoms with Crippen molar-refractivity contribution in [2.75, 3.05) is 6.26 Å². The van der Waals surface area contributed by atoms with E-state index < -0.39 is 17.6 Å². The molecule has 0 radical (unpaired) electrons. The van der Waals surface area contributed by atoms with Crippen molar-refractivity contribution in [3.63, 3.8) is 0 Å². The van der Waals surface area contributed by atoms with Crippen LogP contribution >= 0.6 is 11.8 Å². The van der Waals surface area contributed by atoms with Crippen molar-refractivity contribution in [1.82, 2.24) is 0 Å². The highest BCUT2D eigenvalue weighted by molar-refractivity contribution is 7.98. The molecule has 4 nitrogen and oxygen atoms in total. The quantitative estimate of drug-likeness (QED) is 0.514. The van der Waals surface area contributed by atoms with Crippen LogP contribution < -0.4 is 5.73 Å². The van der Waals surface area contributed by atoms with Crippen LogP contribution in [0.2, 0.25) is 0 Å². The smallest absolute Gasteiger partial charge is 0.323 e. The first-order valence-electron chi connectivity index (χ1n) is 6.38. The van der Waals surface area contributed by atoms with Crippen molar-refractivity contribution in [2.24, 2.45) is 5.73 Å². The summed E-state index contributed by atoms with van der Waals surface area (Å²) in [6.45, 7) is 5.29. The van der Waals surface area contributed by atoms with Gasteiger partial charge in [-0.05, 0) is 39.2 Å². The molecule has 110 valence electrons. The topological polar surface area (TPSA) is 69.4 Å². The molecule has 5 heteroatoms. The van der Waals surface area contributed by atoms with Crippen LogP contribution in [-0.4, -0.2) is 29.7 Å². The number of thioether (sulfide) groups is 1. The standard InChI is InChI=1S/C15H21NO3S/c1-15(2,3)19-14(18)12(16)9-13(17)10-5-7-11(20-4)8-6-10/h5-8,12H,9,16H2,1-4H3. The van der Waals surface area contributed by atoms with E-state index in [1.807, 2.05) is 18.4 Å². The van der Waals surface area contributed by atoms with Crippen molar-refractivity contribution < 1.29 is 14.3 Å². The average Bonchev–Trinajstić information content (AvgIpc) is 2.36. The number of nitrogens with two attached hydrogens (primary N) is 1. The van der Waals surface area contributed by atoms with Gasteiger partial charge in [-0.25, -0.2) is 0 Å². The third kappa shape index (κ3) is 5.35. The number of esters is 1. The lowest BCUT2D eigenvalue weighted by Crippen LogP contribution is -2.38. The maximum Gasteiger partial charge on any atom is 0.323 e. The predicted octanol–water partition coefficient (Wildman–Crippen LogP) is 2.65. The van der Waals surface area contributed by atoms with Crippen molar-refractivity contribution in [2.45, 2.75) is 43.7 Å². The first-order valence-corrected chi connectivity index (χ1v) is 7.61. The zero-order valence-corrected chi connectivity index (χ0v) is 13.1. The fraction of sp³-hybridized carbons (Fsp3) is 0.467. The molecule has 20 heavy (non-hydrogen) atoms. The molecule has 0 aromatic heterocycles. The molecule has 2 N–H and O–H groups in total. The Morgan fingerprint density at radius 2 is 1.80 bits per heavy atom. The highest BCUT2D eigenvalue weighted by Crippen LogP contribution is 2.16. The van der Waals surface area contributed by atoms with E-state index >= 15 is 0 Å². The third-order valence-electron chi connectivity index (χ3n) is 2.53. The second kappa shape index (κ2) is 6.90. The van der Waals surface area contributed by atoms with Crippen LogP contribution in [0.4, 0.5) is 0 Å². The van der Waals surface area contributed by atoms with Crippen LogP contribution in [0.3, 0.4) is 0 Å². The minimum absolute atomic E-state index is 0.0481. The first kappa shape index (κ1) is 16.7. The summed E-state index contributed by atoms with van der Waals surface area (Å²) in [7, 11) is 0. The summed E-state index contributed by atoms with van der Waals surface area (Å²) in [6.07, 6.45) is 1.92. The summed E-state index contributed by atoms with van der Waals surface area (Å²) in [4.78, 5) is 24.8. The molecule has 1 aromatic carbocycles. The lowest BCUT2D eigenvalue weighted by molar-refractivity contribution is -0.156. The number of benzene rings is 1. The summed E-state index contributed by atoms with van der Waals surface area (Å²) >= 11 is 1.60. The zero-order valence-electron chi connectivity index (χ0n) is 12.3. The average molecular weight is 295 g/mol. The second-order valence-electron chi connectivity index (χ2n) is 5.50. The number of carbonyl (C=O) groups is 2. The Morgan fingerprint density at radius 3 is 2.25 bits per heavy atom. The molecule has 0 amide bonds. The van der Waals surface area contributed by atoms with Crippen LogP contribution in [0.1, 0.15) is 37.6 Å². The van der Waals surface area contributed by atoms with Gasteiger partial charge >= 0.3 is 5.97 Å². The molecular weight excluding hydrogens is 274 g/mol. The van der Waals surface area contributed by atoms with Crippen LogP contribution in [-0.2, 0) is 9.53 Å². The summed E-state index contributed by atoms with van der Waals surface area (Å²) < 4.78 is 5.15. The number of Topliss-reactive ketones (excluding diaryl/α,β-unsaturated/α-hetero) is 1. The molecule has 0 heterocycles. The van der Waals surface area contributed by atoms with E-state index in [9.17, 15) is 9.59 Å². The molecule has 0 bridgehead atoms. The van der Waals surface area contributed by atoms with Crippen LogP contribution in [0.15, 0.2) is 29.2 Å². The Morgan fingerprint density at radius 1 is 1.25 bits per heavy atom. The third-order valence-corrected chi connectivity index (χ3v) is 3.27. The van der Waals surface area contributed by atoms with E-state index in [0.717, 1.165) is 4.90 Å².